The molecule has 0 radical (unpaired) electrons. The van der Waals surface area contributed by atoms with Crippen LogP contribution in [0.25, 0.3) is 11.1 Å². The second kappa shape index (κ2) is 8.42. The summed E-state index contributed by atoms with van der Waals surface area (Å²) in [6.07, 6.45) is 6.03. The highest BCUT2D eigenvalue weighted by atomic mass is 35.5. The Labute approximate surface area is 204 Å². The molecule has 7 nitrogen and oxygen atoms in total. The maximum Gasteiger partial charge on any atom is 0.228 e. The summed E-state index contributed by atoms with van der Waals surface area (Å²) < 4.78 is 2.08. The molecule has 3 heterocycles. The van der Waals surface area contributed by atoms with Gasteiger partial charge in [0.05, 0.1) is 5.02 Å². The number of halogens is 1. The van der Waals surface area contributed by atoms with E-state index >= 15 is 0 Å². The number of anilines is 1. The largest absolute Gasteiger partial charge is 0.354 e. The van der Waals surface area contributed by atoms with Crippen molar-refractivity contribution in [1.29, 1.82) is 5.26 Å². The van der Waals surface area contributed by atoms with Gasteiger partial charge in [-0.2, -0.15) is 5.26 Å². The van der Waals surface area contributed by atoms with E-state index in [0.717, 1.165) is 55.5 Å². The van der Waals surface area contributed by atoms with Gasteiger partial charge in [-0.1, -0.05) is 25.4 Å². The van der Waals surface area contributed by atoms with E-state index in [0.29, 0.717) is 28.4 Å². The van der Waals surface area contributed by atoms with E-state index < -0.39 is 0 Å². The molecule has 2 aliphatic carbocycles. The maximum absolute atomic E-state index is 13.1. The molecule has 2 amide bonds. The molecule has 0 saturated heterocycles. The SMILES string of the molecule is CC(=O)N[C@H]1C[C@@H]2C[C@H](C(=O)Nc3cc(-c4cc(C#N)n5c4CC(C)(C)C5)c(Cl)cn3)C[C@@H]2C1. The fourth-order valence-corrected chi connectivity index (χ4v) is 6.61. The van der Waals surface area contributed by atoms with Crippen LogP contribution < -0.4 is 10.6 Å². The standard InChI is InChI=1S/C26H30ClN5O2/c1-14(33)30-18-6-15-4-17(5-16(15)7-18)25(34)31-24-9-20(22(27)12-29-24)21-8-19(11-28)32-13-26(2,3)10-23(21)32/h8-9,12,15-18H,4-7,10,13H2,1-3H3,(H,30,33)(H,29,31,34)/t15-,16+,17-,18-. The maximum atomic E-state index is 13.1. The molecule has 2 saturated carbocycles. The minimum Gasteiger partial charge on any atom is -0.354 e. The third-order valence-electron chi connectivity index (χ3n) is 7.75. The average Bonchev–Trinajstić information content (AvgIpc) is 3.47. The predicted octanol–water partition coefficient (Wildman–Crippen LogP) is 4.54. The lowest BCUT2D eigenvalue weighted by Gasteiger charge is -2.16. The highest BCUT2D eigenvalue weighted by Crippen LogP contribution is 2.47. The molecule has 2 aromatic rings. The van der Waals surface area contributed by atoms with E-state index in [-0.39, 0.29) is 29.2 Å². The highest BCUT2D eigenvalue weighted by molar-refractivity contribution is 6.33. The molecule has 5 rings (SSSR count). The third-order valence-corrected chi connectivity index (χ3v) is 8.05. The van der Waals surface area contributed by atoms with Crippen LogP contribution in [-0.4, -0.2) is 27.4 Å². The Morgan fingerprint density at radius 3 is 2.53 bits per heavy atom. The zero-order chi connectivity index (χ0) is 24.2. The van der Waals surface area contributed by atoms with Crippen LogP contribution in [0.15, 0.2) is 18.3 Å². The molecule has 3 aliphatic rings. The Morgan fingerprint density at radius 2 is 1.88 bits per heavy atom. The van der Waals surface area contributed by atoms with Crippen molar-refractivity contribution in [3.05, 3.63) is 34.7 Å². The number of carbonyl (C=O) groups is 2. The van der Waals surface area contributed by atoms with Gasteiger partial charge in [-0.05, 0) is 61.5 Å². The number of nitrogens with one attached hydrogen (secondary N) is 2. The van der Waals surface area contributed by atoms with Crippen LogP contribution in [0.3, 0.4) is 0 Å². The van der Waals surface area contributed by atoms with Crippen molar-refractivity contribution < 1.29 is 9.59 Å². The Kier molecular flexibility index (Phi) is 5.68. The van der Waals surface area contributed by atoms with Crippen LogP contribution in [0.4, 0.5) is 5.82 Å². The molecule has 0 bridgehead atoms. The molecule has 0 unspecified atom stereocenters. The number of pyridine rings is 1. The molecule has 4 atom stereocenters. The van der Waals surface area contributed by atoms with Crippen molar-refractivity contribution in [1.82, 2.24) is 14.9 Å². The van der Waals surface area contributed by atoms with Crippen molar-refractivity contribution in [2.24, 2.45) is 23.2 Å². The number of carbonyl (C=O) groups excluding carboxylic acids is 2. The lowest BCUT2D eigenvalue weighted by molar-refractivity contribution is -0.121. The van der Waals surface area contributed by atoms with Gasteiger partial charge in [-0.3, -0.25) is 9.59 Å². The number of hydrogen-bond donors (Lipinski definition) is 2. The summed E-state index contributed by atoms with van der Waals surface area (Å²) in [5, 5.41) is 16.2. The zero-order valence-electron chi connectivity index (χ0n) is 19.8. The van der Waals surface area contributed by atoms with Gasteiger partial charge in [0.1, 0.15) is 17.6 Å². The third kappa shape index (κ3) is 4.20. The van der Waals surface area contributed by atoms with Gasteiger partial charge < -0.3 is 15.2 Å². The van der Waals surface area contributed by atoms with E-state index in [2.05, 4.69) is 40.1 Å². The lowest BCUT2D eigenvalue weighted by atomic mass is 9.89. The summed E-state index contributed by atoms with van der Waals surface area (Å²) in [6.45, 7) is 6.74. The second-order valence-corrected chi connectivity index (χ2v) is 11.4. The molecular formula is C26H30ClN5O2. The predicted molar refractivity (Wildman–Crippen MR) is 130 cm³/mol. The monoisotopic (exact) mass is 479 g/mol. The molecule has 178 valence electrons. The first-order chi connectivity index (χ1) is 16.1. The first kappa shape index (κ1) is 22.9. The molecule has 34 heavy (non-hydrogen) atoms. The Morgan fingerprint density at radius 1 is 1.18 bits per heavy atom. The second-order valence-electron chi connectivity index (χ2n) is 11.0. The van der Waals surface area contributed by atoms with Crippen molar-refractivity contribution in [3.63, 3.8) is 0 Å². The van der Waals surface area contributed by atoms with Gasteiger partial charge >= 0.3 is 0 Å². The summed E-state index contributed by atoms with van der Waals surface area (Å²) >= 11 is 6.54. The van der Waals surface area contributed by atoms with Crippen molar-refractivity contribution in [3.8, 4) is 17.2 Å². The fraction of sp³-hybridized carbons (Fsp3) is 0.538. The molecule has 2 N–H and O–H groups in total. The zero-order valence-corrected chi connectivity index (χ0v) is 20.6. The van der Waals surface area contributed by atoms with Crippen molar-refractivity contribution in [2.45, 2.75) is 65.5 Å². The van der Waals surface area contributed by atoms with Gasteiger partial charge in [-0.25, -0.2) is 4.98 Å². The summed E-state index contributed by atoms with van der Waals surface area (Å²) in [5.74, 6) is 1.42. The number of aromatic nitrogens is 2. The Balaban J connectivity index is 1.31. The van der Waals surface area contributed by atoms with Crippen LogP contribution >= 0.6 is 11.6 Å². The molecule has 0 spiro atoms. The summed E-state index contributed by atoms with van der Waals surface area (Å²) in [7, 11) is 0. The molecule has 0 aromatic carbocycles. The Hall–Kier alpha value is -2.85. The van der Waals surface area contributed by atoms with Gasteiger partial charge in [-0.15, -0.1) is 0 Å². The summed E-state index contributed by atoms with van der Waals surface area (Å²) in [5.41, 5.74) is 3.53. The molecule has 2 fully saturated rings. The van der Waals surface area contributed by atoms with Gasteiger partial charge in [0, 0.05) is 48.4 Å². The van der Waals surface area contributed by atoms with E-state index in [4.69, 9.17) is 11.6 Å². The van der Waals surface area contributed by atoms with Crippen LogP contribution in [0.1, 0.15) is 57.8 Å². The molecular weight excluding hydrogens is 450 g/mol. The van der Waals surface area contributed by atoms with Gasteiger partial charge in [0.25, 0.3) is 0 Å². The smallest absolute Gasteiger partial charge is 0.228 e. The van der Waals surface area contributed by atoms with E-state index in [1.807, 2.05) is 12.1 Å². The minimum atomic E-state index is -0.0427. The van der Waals surface area contributed by atoms with Crippen LogP contribution in [-0.2, 0) is 22.6 Å². The summed E-state index contributed by atoms with van der Waals surface area (Å²) in [4.78, 5) is 28.8. The Bertz CT molecular complexity index is 1200. The number of hydrogen-bond acceptors (Lipinski definition) is 4. The van der Waals surface area contributed by atoms with Gasteiger partial charge in [0.2, 0.25) is 11.8 Å². The van der Waals surface area contributed by atoms with Crippen molar-refractivity contribution >= 4 is 29.2 Å². The first-order valence-corrected chi connectivity index (χ1v) is 12.4. The number of amides is 2. The summed E-state index contributed by atoms with van der Waals surface area (Å²) in [6, 6.07) is 6.26. The number of nitriles is 1. The van der Waals surface area contributed by atoms with E-state index in [9.17, 15) is 14.9 Å². The fourth-order valence-electron chi connectivity index (χ4n) is 6.40. The number of fused-ring (bicyclic) bond motifs is 2. The van der Waals surface area contributed by atoms with E-state index in [1.165, 1.54) is 0 Å². The highest BCUT2D eigenvalue weighted by Gasteiger charge is 2.44. The van der Waals surface area contributed by atoms with E-state index in [1.54, 1.807) is 13.1 Å². The van der Waals surface area contributed by atoms with Crippen LogP contribution in [0.5, 0.6) is 0 Å². The minimum absolute atomic E-state index is 0.00722. The quantitative estimate of drug-likeness (QED) is 0.672. The van der Waals surface area contributed by atoms with Crippen LogP contribution in [0, 0.1) is 34.5 Å². The average molecular weight is 480 g/mol. The molecule has 1 aliphatic heterocycles. The van der Waals surface area contributed by atoms with Gasteiger partial charge in [0.15, 0.2) is 0 Å². The molecule has 2 aromatic heterocycles. The topological polar surface area (TPSA) is 99.8 Å². The van der Waals surface area contributed by atoms with Crippen molar-refractivity contribution in [2.75, 3.05) is 5.32 Å². The molecule has 8 heteroatoms. The number of rotatable bonds is 4. The first-order valence-electron chi connectivity index (χ1n) is 12.0. The van der Waals surface area contributed by atoms with Crippen LogP contribution in [0.2, 0.25) is 5.02 Å². The normalized spacial score (nSPS) is 26.6. The number of nitrogens with zero attached hydrogens (tertiary/aromatic N) is 3. The lowest BCUT2D eigenvalue weighted by Crippen LogP contribution is -2.31.